The molecule has 0 spiro atoms. The van der Waals surface area contributed by atoms with E-state index in [4.69, 9.17) is 16.0 Å². The Bertz CT molecular complexity index is 575. The van der Waals surface area contributed by atoms with Crippen LogP contribution in [0.5, 0.6) is 0 Å². The van der Waals surface area contributed by atoms with Crippen LogP contribution in [-0.4, -0.2) is 10.5 Å². The van der Waals surface area contributed by atoms with Crippen LogP contribution < -0.4 is 5.32 Å². The van der Waals surface area contributed by atoms with Crippen molar-refractivity contribution in [1.29, 1.82) is 0 Å². The average molecular weight is 283 g/mol. The zero-order chi connectivity index (χ0) is 14.0. The number of nitrogens with one attached hydrogen (secondary N) is 1. The molecule has 0 saturated carbocycles. The van der Waals surface area contributed by atoms with Crippen LogP contribution in [0.3, 0.4) is 0 Å². The van der Waals surface area contributed by atoms with E-state index in [0.717, 1.165) is 5.69 Å². The second-order valence-corrected chi connectivity index (χ2v) is 5.78. The lowest BCUT2D eigenvalue weighted by atomic mass is 10.1. The van der Waals surface area contributed by atoms with Crippen LogP contribution in [0.15, 0.2) is 28.9 Å². The van der Waals surface area contributed by atoms with Gasteiger partial charge in [-0.25, -0.2) is 9.37 Å². The van der Waals surface area contributed by atoms with Gasteiger partial charge in [0, 0.05) is 17.6 Å². The minimum absolute atomic E-state index is 0.0122. The van der Waals surface area contributed by atoms with Gasteiger partial charge in [0.1, 0.15) is 12.1 Å². The highest BCUT2D eigenvalue weighted by molar-refractivity contribution is 6.31. The zero-order valence-corrected chi connectivity index (χ0v) is 11.9. The summed E-state index contributed by atoms with van der Waals surface area (Å²) in [6.07, 6.45) is 1.59. The molecule has 1 aromatic heterocycles. The fourth-order valence-electron chi connectivity index (χ4n) is 1.51. The van der Waals surface area contributed by atoms with Gasteiger partial charge in [0.05, 0.1) is 10.7 Å². The van der Waals surface area contributed by atoms with Crippen molar-refractivity contribution < 1.29 is 8.81 Å². The van der Waals surface area contributed by atoms with E-state index in [0.29, 0.717) is 18.0 Å². The minimum atomic E-state index is -0.452. The molecule has 0 unspecified atom stereocenters. The molecular weight excluding hydrogens is 267 g/mol. The second kappa shape index (κ2) is 5.31. The van der Waals surface area contributed by atoms with Gasteiger partial charge in [-0.2, -0.15) is 0 Å². The molecule has 0 aliphatic rings. The standard InChI is InChI=1S/C14H16ClFN2O/c1-14(2,3)17-7-10-8-19-13(18-10)9-4-5-12(16)11(15)6-9/h4-6,8,17H,7H2,1-3H3. The molecule has 3 nitrogen and oxygen atoms in total. The van der Waals surface area contributed by atoms with Crippen molar-refractivity contribution >= 4 is 11.6 Å². The number of benzene rings is 1. The lowest BCUT2D eigenvalue weighted by Gasteiger charge is -2.19. The fourth-order valence-corrected chi connectivity index (χ4v) is 1.69. The van der Waals surface area contributed by atoms with Gasteiger partial charge in [-0.05, 0) is 39.0 Å². The van der Waals surface area contributed by atoms with Crippen molar-refractivity contribution in [3.05, 3.63) is 41.0 Å². The van der Waals surface area contributed by atoms with Crippen molar-refractivity contribution in [1.82, 2.24) is 10.3 Å². The maximum Gasteiger partial charge on any atom is 0.226 e. The van der Waals surface area contributed by atoms with Gasteiger partial charge in [-0.3, -0.25) is 0 Å². The molecule has 0 fully saturated rings. The molecule has 0 aliphatic carbocycles. The Labute approximate surface area is 116 Å². The molecule has 0 radical (unpaired) electrons. The first-order valence-corrected chi connectivity index (χ1v) is 6.38. The predicted octanol–water partition coefficient (Wildman–Crippen LogP) is 4.02. The molecule has 2 rings (SSSR count). The maximum atomic E-state index is 13.1. The van der Waals surface area contributed by atoms with Crippen molar-refractivity contribution in [2.75, 3.05) is 0 Å². The normalized spacial score (nSPS) is 11.8. The van der Waals surface area contributed by atoms with Gasteiger partial charge in [0.25, 0.3) is 0 Å². The molecule has 0 amide bonds. The van der Waals surface area contributed by atoms with Crippen LogP contribution in [0.1, 0.15) is 26.5 Å². The first-order chi connectivity index (χ1) is 8.85. The molecule has 0 aliphatic heterocycles. The first kappa shape index (κ1) is 14.0. The number of aromatic nitrogens is 1. The van der Waals surface area contributed by atoms with E-state index in [1.54, 1.807) is 12.3 Å². The van der Waals surface area contributed by atoms with Gasteiger partial charge < -0.3 is 9.73 Å². The van der Waals surface area contributed by atoms with E-state index in [2.05, 4.69) is 31.1 Å². The summed E-state index contributed by atoms with van der Waals surface area (Å²) in [5, 5.41) is 3.38. The SMILES string of the molecule is CC(C)(C)NCc1coc(-c2ccc(F)c(Cl)c2)n1. The number of oxazole rings is 1. The van der Waals surface area contributed by atoms with Crippen LogP contribution in [0, 0.1) is 5.82 Å². The van der Waals surface area contributed by atoms with Crippen LogP contribution in [0.4, 0.5) is 4.39 Å². The zero-order valence-electron chi connectivity index (χ0n) is 11.1. The Balaban J connectivity index is 2.14. The molecule has 1 aromatic carbocycles. The van der Waals surface area contributed by atoms with Gasteiger partial charge >= 0.3 is 0 Å². The smallest absolute Gasteiger partial charge is 0.226 e. The molecule has 0 atom stereocenters. The van der Waals surface area contributed by atoms with Crippen molar-refractivity contribution in [2.45, 2.75) is 32.9 Å². The molecule has 1 heterocycles. The summed E-state index contributed by atoms with van der Waals surface area (Å²) in [7, 11) is 0. The lowest BCUT2D eigenvalue weighted by molar-refractivity contribution is 0.421. The van der Waals surface area contributed by atoms with Crippen molar-refractivity contribution in [2.24, 2.45) is 0 Å². The first-order valence-electron chi connectivity index (χ1n) is 6.00. The van der Waals surface area contributed by atoms with E-state index in [1.165, 1.54) is 12.1 Å². The summed E-state index contributed by atoms with van der Waals surface area (Å²) < 4.78 is 18.5. The summed E-state index contributed by atoms with van der Waals surface area (Å²) in [5.41, 5.74) is 1.47. The third-order valence-corrected chi connectivity index (χ3v) is 2.81. The van der Waals surface area contributed by atoms with Gasteiger partial charge in [-0.15, -0.1) is 0 Å². The molecular formula is C14H16ClFN2O. The van der Waals surface area contributed by atoms with Gasteiger partial charge in [0.2, 0.25) is 5.89 Å². The van der Waals surface area contributed by atoms with Crippen LogP contribution in [0.25, 0.3) is 11.5 Å². The highest BCUT2D eigenvalue weighted by atomic mass is 35.5. The highest BCUT2D eigenvalue weighted by Gasteiger charge is 2.12. The van der Waals surface area contributed by atoms with Crippen LogP contribution in [0.2, 0.25) is 5.02 Å². The van der Waals surface area contributed by atoms with E-state index in [9.17, 15) is 4.39 Å². The number of hydrogen-bond donors (Lipinski definition) is 1. The van der Waals surface area contributed by atoms with E-state index < -0.39 is 5.82 Å². The third kappa shape index (κ3) is 3.78. The Hall–Kier alpha value is -1.39. The van der Waals surface area contributed by atoms with Crippen molar-refractivity contribution in [3.8, 4) is 11.5 Å². The van der Waals surface area contributed by atoms with E-state index in [1.807, 2.05) is 0 Å². The lowest BCUT2D eigenvalue weighted by Crippen LogP contribution is -2.35. The minimum Gasteiger partial charge on any atom is -0.444 e. The second-order valence-electron chi connectivity index (χ2n) is 5.38. The molecule has 19 heavy (non-hydrogen) atoms. The summed E-state index contributed by atoms with van der Waals surface area (Å²) in [4.78, 5) is 4.34. The third-order valence-electron chi connectivity index (χ3n) is 2.52. The molecule has 102 valence electrons. The number of nitrogens with zero attached hydrogens (tertiary/aromatic N) is 1. The Morgan fingerprint density at radius 1 is 1.37 bits per heavy atom. The summed E-state index contributed by atoms with van der Waals surface area (Å²) in [6, 6.07) is 4.40. The van der Waals surface area contributed by atoms with Gasteiger partial charge in [0.15, 0.2) is 0 Å². The molecule has 0 saturated heterocycles. The largest absolute Gasteiger partial charge is 0.444 e. The predicted molar refractivity (Wildman–Crippen MR) is 73.5 cm³/mol. The highest BCUT2D eigenvalue weighted by Crippen LogP contribution is 2.24. The van der Waals surface area contributed by atoms with Crippen LogP contribution in [-0.2, 0) is 6.54 Å². The number of hydrogen-bond acceptors (Lipinski definition) is 3. The maximum absolute atomic E-state index is 13.1. The Morgan fingerprint density at radius 3 is 2.74 bits per heavy atom. The van der Waals surface area contributed by atoms with E-state index >= 15 is 0 Å². The molecule has 5 heteroatoms. The summed E-state index contributed by atoms with van der Waals surface area (Å²) in [5.74, 6) is -0.0146. The quantitative estimate of drug-likeness (QED) is 0.924. The molecule has 2 aromatic rings. The molecule has 0 bridgehead atoms. The fraction of sp³-hybridized carbons (Fsp3) is 0.357. The average Bonchev–Trinajstić information content (AvgIpc) is 2.78. The van der Waals surface area contributed by atoms with Crippen LogP contribution >= 0.6 is 11.6 Å². The Morgan fingerprint density at radius 2 is 2.11 bits per heavy atom. The summed E-state index contributed by atoms with van der Waals surface area (Å²) in [6.45, 7) is 6.84. The topological polar surface area (TPSA) is 38.1 Å². The summed E-state index contributed by atoms with van der Waals surface area (Å²) >= 11 is 5.73. The van der Waals surface area contributed by atoms with Gasteiger partial charge in [-0.1, -0.05) is 11.6 Å². The molecule has 1 N–H and O–H groups in total. The monoisotopic (exact) mass is 282 g/mol. The number of rotatable bonds is 3. The van der Waals surface area contributed by atoms with Crippen molar-refractivity contribution in [3.63, 3.8) is 0 Å². The Kier molecular flexibility index (Phi) is 3.92. The number of halogens is 2. The van der Waals surface area contributed by atoms with E-state index in [-0.39, 0.29) is 10.6 Å².